The summed E-state index contributed by atoms with van der Waals surface area (Å²) in [7, 11) is 6.34. The SMILES string of the molecule is C[N+](C)(C)CCC(=O)N1CCC(c2csc(C(=O)C3=CCc4ccccc43)n2)CC1. The van der Waals surface area contributed by atoms with E-state index in [1.165, 1.54) is 16.9 Å². The van der Waals surface area contributed by atoms with Crippen molar-refractivity contribution in [2.24, 2.45) is 0 Å². The van der Waals surface area contributed by atoms with E-state index in [-0.39, 0.29) is 11.7 Å². The third kappa shape index (κ3) is 4.55. The second-order valence-electron chi connectivity index (χ2n) is 9.30. The molecule has 1 amide bonds. The molecule has 2 aliphatic rings. The van der Waals surface area contributed by atoms with E-state index < -0.39 is 0 Å². The number of carbonyl (C=O) groups is 2. The maximum absolute atomic E-state index is 13.0. The van der Waals surface area contributed by atoms with Gasteiger partial charge in [-0.3, -0.25) is 9.59 Å². The smallest absolute Gasteiger partial charge is 0.228 e. The topological polar surface area (TPSA) is 50.3 Å². The highest BCUT2D eigenvalue weighted by molar-refractivity contribution is 7.12. The van der Waals surface area contributed by atoms with Crippen LogP contribution in [0.1, 0.15) is 51.8 Å². The Morgan fingerprint density at radius 3 is 2.63 bits per heavy atom. The summed E-state index contributed by atoms with van der Waals surface area (Å²) in [4.78, 5) is 32.2. The van der Waals surface area contributed by atoms with Crippen molar-refractivity contribution in [3.8, 4) is 0 Å². The highest BCUT2D eigenvalue weighted by atomic mass is 32.1. The third-order valence-corrected chi connectivity index (χ3v) is 6.92. The molecule has 0 bridgehead atoms. The number of amides is 1. The van der Waals surface area contributed by atoms with Crippen molar-refractivity contribution in [2.45, 2.75) is 31.6 Å². The monoisotopic (exact) mass is 424 g/mol. The molecule has 1 saturated heterocycles. The van der Waals surface area contributed by atoms with Gasteiger partial charge in [-0.05, 0) is 30.4 Å². The molecule has 0 unspecified atom stereocenters. The van der Waals surface area contributed by atoms with E-state index in [9.17, 15) is 9.59 Å². The number of hydrogen-bond acceptors (Lipinski definition) is 4. The molecule has 0 atom stereocenters. The van der Waals surface area contributed by atoms with Crippen LogP contribution in [0.3, 0.4) is 0 Å². The Hall–Kier alpha value is -2.31. The average molecular weight is 425 g/mol. The molecule has 0 radical (unpaired) electrons. The van der Waals surface area contributed by atoms with Crippen molar-refractivity contribution in [1.82, 2.24) is 9.88 Å². The average Bonchev–Trinajstić information content (AvgIpc) is 3.39. The van der Waals surface area contributed by atoms with Crippen LogP contribution in [0, 0.1) is 0 Å². The highest BCUT2D eigenvalue weighted by Gasteiger charge is 2.28. The number of Topliss-reactive ketones (excluding diaryl/α,β-unsaturated/α-hetero) is 1. The van der Waals surface area contributed by atoms with Gasteiger partial charge in [0.15, 0.2) is 5.01 Å². The molecule has 1 aliphatic carbocycles. The summed E-state index contributed by atoms with van der Waals surface area (Å²) in [6.07, 6.45) is 5.27. The van der Waals surface area contributed by atoms with E-state index in [2.05, 4.69) is 27.2 Å². The lowest BCUT2D eigenvalue weighted by atomic mass is 9.94. The Kier molecular flexibility index (Phi) is 5.89. The lowest BCUT2D eigenvalue weighted by Crippen LogP contribution is -2.42. The Morgan fingerprint density at radius 2 is 1.90 bits per heavy atom. The van der Waals surface area contributed by atoms with Gasteiger partial charge in [0.2, 0.25) is 11.7 Å². The number of benzene rings is 1. The Labute approximate surface area is 182 Å². The van der Waals surface area contributed by atoms with Crippen LogP contribution in [-0.4, -0.2) is 66.8 Å². The number of aromatic nitrogens is 1. The van der Waals surface area contributed by atoms with Crippen LogP contribution in [-0.2, 0) is 11.2 Å². The molecule has 2 aromatic rings. The molecule has 6 heteroatoms. The minimum Gasteiger partial charge on any atom is -0.342 e. The van der Waals surface area contributed by atoms with Crippen LogP contribution in [0.5, 0.6) is 0 Å². The van der Waals surface area contributed by atoms with Gasteiger partial charge < -0.3 is 9.38 Å². The molecule has 30 heavy (non-hydrogen) atoms. The molecular formula is C24H30N3O2S+. The van der Waals surface area contributed by atoms with E-state index in [0.29, 0.717) is 17.3 Å². The number of rotatable bonds is 6. The predicted molar refractivity (Wildman–Crippen MR) is 121 cm³/mol. The zero-order chi connectivity index (χ0) is 21.3. The van der Waals surface area contributed by atoms with E-state index in [0.717, 1.165) is 60.2 Å². The fourth-order valence-corrected chi connectivity index (χ4v) is 5.06. The first kappa shape index (κ1) is 20.9. The summed E-state index contributed by atoms with van der Waals surface area (Å²) in [5, 5.41) is 2.61. The lowest BCUT2D eigenvalue weighted by Gasteiger charge is -2.32. The molecule has 4 rings (SSSR count). The Bertz CT molecular complexity index is 978. The molecule has 1 aromatic heterocycles. The zero-order valence-electron chi connectivity index (χ0n) is 18.1. The molecule has 5 nitrogen and oxygen atoms in total. The van der Waals surface area contributed by atoms with Gasteiger partial charge in [-0.25, -0.2) is 4.98 Å². The predicted octanol–water partition coefficient (Wildman–Crippen LogP) is 3.77. The molecule has 1 aromatic carbocycles. The summed E-state index contributed by atoms with van der Waals surface area (Å²) < 4.78 is 0.804. The van der Waals surface area contributed by atoms with Crippen molar-refractivity contribution < 1.29 is 14.1 Å². The minimum atomic E-state index is 0.0316. The number of ketones is 1. The van der Waals surface area contributed by atoms with E-state index in [4.69, 9.17) is 4.98 Å². The summed E-state index contributed by atoms with van der Waals surface area (Å²) in [5.41, 5.74) is 4.04. The molecule has 0 saturated carbocycles. The summed E-state index contributed by atoms with van der Waals surface area (Å²) in [5.74, 6) is 0.613. The Morgan fingerprint density at radius 1 is 1.17 bits per heavy atom. The number of carbonyl (C=O) groups excluding carboxylic acids is 2. The standard InChI is InChI=1S/C24H30N3O2S/c1-27(2,3)15-12-22(28)26-13-10-18(11-14-26)21-16-30-24(25-21)23(29)20-9-8-17-6-4-5-7-19(17)20/h4-7,9,16,18H,8,10-15H2,1-3H3/q+1. The van der Waals surface area contributed by atoms with E-state index in [1.54, 1.807) is 0 Å². The molecular weight excluding hydrogens is 394 g/mol. The van der Waals surface area contributed by atoms with Crippen LogP contribution in [0.4, 0.5) is 0 Å². The fourth-order valence-electron chi connectivity index (χ4n) is 4.21. The number of quaternary nitrogens is 1. The van der Waals surface area contributed by atoms with Gasteiger partial charge in [-0.15, -0.1) is 11.3 Å². The van der Waals surface area contributed by atoms with Crippen LogP contribution in [0.2, 0.25) is 0 Å². The zero-order valence-corrected chi connectivity index (χ0v) is 18.9. The maximum Gasteiger partial charge on any atom is 0.228 e. The van der Waals surface area contributed by atoms with Crippen molar-refractivity contribution in [3.05, 3.63) is 57.6 Å². The number of piperidine rings is 1. The number of hydrogen-bond donors (Lipinski definition) is 0. The second kappa shape index (κ2) is 8.44. The number of allylic oxidation sites excluding steroid dienone is 2. The quantitative estimate of drug-likeness (QED) is 0.524. The number of likely N-dealkylation sites (tertiary alicyclic amines) is 1. The van der Waals surface area contributed by atoms with Crippen LogP contribution in [0.15, 0.2) is 35.7 Å². The van der Waals surface area contributed by atoms with Gasteiger partial charge in [0.05, 0.1) is 39.8 Å². The summed E-state index contributed by atoms with van der Waals surface area (Å²) in [6, 6.07) is 8.09. The Balaban J connectivity index is 1.35. The van der Waals surface area contributed by atoms with Gasteiger partial charge in [0, 0.05) is 30.0 Å². The van der Waals surface area contributed by atoms with Crippen molar-refractivity contribution in [2.75, 3.05) is 40.8 Å². The minimum absolute atomic E-state index is 0.0316. The molecule has 0 N–H and O–H groups in total. The lowest BCUT2D eigenvalue weighted by molar-refractivity contribution is -0.869. The number of fused-ring (bicyclic) bond motifs is 1. The van der Waals surface area contributed by atoms with Gasteiger partial charge in [0.1, 0.15) is 0 Å². The van der Waals surface area contributed by atoms with Crippen LogP contribution in [0.25, 0.3) is 5.57 Å². The molecule has 0 spiro atoms. The molecule has 2 heterocycles. The van der Waals surface area contributed by atoms with Gasteiger partial charge in [-0.2, -0.15) is 0 Å². The van der Waals surface area contributed by atoms with Crippen molar-refractivity contribution in [3.63, 3.8) is 0 Å². The first-order valence-corrected chi connectivity index (χ1v) is 11.6. The second-order valence-corrected chi connectivity index (χ2v) is 10.2. The highest BCUT2D eigenvalue weighted by Crippen LogP contribution is 2.33. The van der Waals surface area contributed by atoms with Crippen molar-refractivity contribution >= 4 is 28.6 Å². The summed E-state index contributed by atoms with van der Waals surface area (Å²) in [6.45, 7) is 2.41. The number of thiazole rings is 1. The van der Waals surface area contributed by atoms with E-state index >= 15 is 0 Å². The molecule has 1 fully saturated rings. The van der Waals surface area contributed by atoms with E-state index in [1.807, 2.05) is 34.6 Å². The first-order valence-electron chi connectivity index (χ1n) is 10.7. The summed E-state index contributed by atoms with van der Waals surface area (Å²) >= 11 is 1.45. The number of nitrogens with zero attached hydrogens (tertiary/aromatic N) is 3. The largest absolute Gasteiger partial charge is 0.342 e. The third-order valence-electron chi connectivity index (χ3n) is 6.06. The maximum atomic E-state index is 13.0. The van der Waals surface area contributed by atoms with Crippen LogP contribution >= 0.6 is 11.3 Å². The molecule has 1 aliphatic heterocycles. The molecule has 158 valence electrons. The normalized spacial score (nSPS) is 17.0. The van der Waals surface area contributed by atoms with Crippen molar-refractivity contribution in [1.29, 1.82) is 0 Å². The fraction of sp³-hybridized carbons (Fsp3) is 0.458. The van der Waals surface area contributed by atoms with Gasteiger partial charge in [-0.1, -0.05) is 30.3 Å². The van der Waals surface area contributed by atoms with Gasteiger partial charge >= 0.3 is 0 Å². The van der Waals surface area contributed by atoms with Crippen LogP contribution < -0.4 is 0 Å². The first-order chi connectivity index (χ1) is 14.3. The van der Waals surface area contributed by atoms with Gasteiger partial charge in [0.25, 0.3) is 0 Å².